The predicted octanol–water partition coefficient (Wildman–Crippen LogP) is 0.292. The van der Waals surface area contributed by atoms with Gasteiger partial charge in [-0.2, -0.15) is 0 Å². The van der Waals surface area contributed by atoms with Gasteiger partial charge in [-0.15, -0.1) is 0 Å². The van der Waals surface area contributed by atoms with Gasteiger partial charge < -0.3 is 19.4 Å². The molecule has 1 aromatic rings. The maximum absolute atomic E-state index is 12.5. The predicted molar refractivity (Wildman–Crippen MR) is 89.8 cm³/mol. The average Bonchev–Trinajstić information content (AvgIpc) is 3.15. The monoisotopic (exact) mass is 331 g/mol. The summed E-state index contributed by atoms with van der Waals surface area (Å²) in [6.45, 7) is 5.81. The molecule has 0 saturated carbocycles. The van der Waals surface area contributed by atoms with Gasteiger partial charge in [0.1, 0.15) is 18.2 Å². The second-order valence-corrected chi connectivity index (χ2v) is 6.92. The van der Waals surface area contributed by atoms with E-state index in [9.17, 15) is 4.79 Å². The minimum Gasteiger partial charge on any atom is -0.368 e. The van der Waals surface area contributed by atoms with Crippen molar-refractivity contribution in [3.05, 3.63) is 17.6 Å². The molecule has 2 saturated heterocycles. The van der Waals surface area contributed by atoms with Gasteiger partial charge in [0.2, 0.25) is 0 Å². The number of fused-ring (bicyclic) bond motifs is 1. The lowest BCUT2D eigenvalue weighted by Gasteiger charge is -2.38. The summed E-state index contributed by atoms with van der Waals surface area (Å²) < 4.78 is 5.53. The third kappa shape index (κ3) is 2.98. The van der Waals surface area contributed by atoms with Crippen molar-refractivity contribution in [3.63, 3.8) is 0 Å². The maximum atomic E-state index is 12.5. The highest BCUT2D eigenvalue weighted by molar-refractivity contribution is 5.81. The van der Waals surface area contributed by atoms with Crippen LogP contribution in [0.1, 0.15) is 24.1 Å². The fourth-order valence-corrected chi connectivity index (χ4v) is 3.85. The number of aromatic nitrogens is 2. The summed E-state index contributed by atoms with van der Waals surface area (Å²) >= 11 is 0. The SMILES string of the molecule is CN1CCc2ncnc(N3CCN(C(=O)C4CCCO4)CC3)c2C1. The van der Waals surface area contributed by atoms with Crippen LogP contribution in [-0.2, 0) is 22.5 Å². The Bertz CT molecular complexity index is 609. The van der Waals surface area contributed by atoms with Crippen LogP contribution < -0.4 is 4.90 Å². The van der Waals surface area contributed by atoms with Crippen LogP contribution in [0.4, 0.5) is 5.82 Å². The number of hydrogen-bond acceptors (Lipinski definition) is 6. The van der Waals surface area contributed by atoms with Gasteiger partial charge in [-0.3, -0.25) is 4.79 Å². The Morgan fingerprint density at radius 3 is 2.79 bits per heavy atom. The van der Waals surface area contributed by atoms with Crippen LogP contribution in [0.15, 0.2) is 6.33 Å². The number of amides is 1. The van der Waals surface area contributed by atoms with Gasteiger partial charge in [0.15, 0.2) is 0 Å². The molecule has 0 spiro atoms. The van der Waals surface area contributed by atoms with Gasteiger partial charge in [0.25, 0.3) is 5.91 Å². The summed E-state index contributed by atoms with van der Waals surface area (Å²) in [4.78, 5) is 28.1. The van der Waals surface area contributed by atoms with Gasteiger partial charge >= 0.3 is 0 Å². The van der Waals surface area contributed by atoms with Crippen LogP contribution >= 0.6 is 0 Å². The molecule has 3 aliphatic rings. The zero-order valence-electron chi connectivity index (χ0n) is 14.3. The Kier molecular flexibility index (Phi) is 4.37. The van der Waals surface area contributed by atoms with Crippen molar-refractivity contribution in [1.29, 1.82) is 0 Å². The molecule has 2 fully saturated rings. The number of ether oxygens (including phenoxy) is 1. The molecular formula is C17H25N5O2. The van der Waals surface area contributed by atoms with Crippen molar-refractivity contribution >= 4 is 11.7 Å². The molecule has 0 bridgehead atoms. The van der Waals surface area contributed by atoms with Gasteiger partial charge in [-0.05, 0) is 19.9 Å². The number of anilines is 1. The molecule has 0 aromatic carbocycles. The molecule has 4 heterocycles. The summed E-state index contributed by atoms with van der Waals surface area (Å²) in [5, 5.41) is 0. The van der Waals surface area contributed by atoms with Crippen molar-refractivity contribution in [2.75, 3.05) is 51.3 Å². The Balaban J connectivity index is 1.44. The third-order valence-corrected chi connectivity index (χ3v) is 5.27. The smallest absolute Gasteiger partial charge is 0.251 e. The van der Waals surface area contributed by atoms with Crippen LogP contribution in [-0.4, -0.2) is 78.2 Å². The highest BCUT2D eigenvalue weighted by Crippen LogP contribution is 2.26. The van der Waals surface area contributed by atoms with E-state index in [1.54, 1.807) is 6.33 Å². The summed E-state index contributed by atoms with van der Waals surface area (Å²) in [6.07, 6.45) is 4.32. The number of likely N-dealkylation sites (N-methyl/N-ethyl adjacent to an activating group) is 1. The lowest BCUT2D eigenvalue weighted by molar-refractivity contribution is -0.141. The Morgan fingerprint density at radius 2 is 2.04 bits per heavy atom. The molecule has 1 atom stereocenters. The number of rotatable bonds is 2. The standard InChI is InChI=1S/C17H25N5O2/c1-20-5-4-14-13(11-20)16(19-12-18-14)21-6-8-22(9-7-21)17(23)15-3-2-10-24-15/h12,15H,2-11H2,1H3. The summed E-state index contributed by atoms with van der Waals surface area (Å²) in [7, 11) is 2.14. The first kappa shape index (κ1) is 15.8. The number of piperazine rings is 1. The lowest BCUT2D eigenvalue weighted by atomic mass is 10.1. The van der Waals surface area contributed by atoms with Crippen LogP contribution in [0, 0.1) is 0 Å². The van der Waals surface area contributed by atoms with E-state index in [4.69, 9.17) is 4.74 Å². The summed E-state index contributed by atoms with van der Waals surface area (Å²) in [6, 6.07) is 0. The molecule has 4 rings (SSSR count). The van der Waals surface area contributed by atoms with Gasteiger partial charge in [-0.1, -0.05) is 0 Å². The van der Waals surface area contributed by atoms with Crippen LogP contribution in [0.3, 0.4) is 0 Å². The van der Waals surface area contributed by atoms with Crippen molar-refractivity contribution in [2.45, 2.75) is 31.9 Å². The quantitative estimate of drug-likeness (QED) is 0.776. The first-order chi connectivity index (χ1) is 11.7. The minimum absolute atomic E-state index is 0.164. The zero-order chi connectivity index (χ0) is 16.5. The average molecular weight is 331 g/mol. The number of carbonyl (C=O) groups excluding carboxylic acids is 1. The second-order valence-electron chi connectivity index (χ2n) is 6.92. The van der Waals surface area contributed by atoms with Crippen molar-refractivity contribution < 1.29 is 9.53 Å². The normalized spacial score (nSPS) is 25.0. The number of carbonyl (C=O) groups is 1. The molecule has 1 unspecified atom stereocenters. The van der Waals surface area contributed by atoms with E-state index < -0.39 is 0 Å². The van der Waals surface area contributed by atoms with Crippen molar-refractivity contribution in [1.82, 2.24) is 19.8 Å². The maximum Gasteiger partial charge on any atom is 0.251 e. The van der Waals surface area contributed by atoms with E-state index >= 15 is 0 Å². The lowest BCUT2D eigenvalue weighted by Crippen LogP contribution is -2.52. The molecule has 7 heteroatoms. The third-order valence-electron chi connectivity index (χ3n) is 5.27. The van der Waals surface area contributed by atoms with Crippen molar-refractivity contribution in [2.24, 2.45) is 0 Å². The van der Waals surface area contributed by atoms with Gasteiger partial charge in [-0.25, -0.2) is 9.97 Å². The molecular weight excluding hydrogens is 306 g/mol. The number of hydrogen-bond donors (Lipinski definition) is 0. The molecule has 0 aliphatic carbocycles. The highest BCUT2D eigenvalue weighted by Gasteiger charge is 2.31. The second kappa shape index (κ2) is 6.64. The Morgan fingerprint density at radius 1 is 1.21 bits per heavy atom. The molecule has 24 heavy (non-hydrogen) atoms. The molecule has 0 N–H and O–H groups in total. The topological polar surface area (TPSA) is 61.8 Å². The summed E-state index contributed by atoms with van der Waals surface area (Å²) in [5.41, 5.74) is 2.43. The van der Waals surface area contributed by atoms with E-state index in [1.165, 1.54) is 11.3 Å². The molecule has 1 aromatic heterocycles. The van der Waals surface area contributed by atoms with Crippen molar-refractivity contribution in [3.8, 4) is 0 Å². The fraction of sp³-hybridized carbons (Fsp3) is 0.706. The highest BCUT2D eigenvalue weighted by atomic mass is 16.5. The molecule has 3 aliphatic heterocycles. The minimum atomic E-state index is -0.211. The first-order valence-electron chi connectivity index (χ1n) is 8.89. The molecule has 7 nitrogen and oxygen atoms in total. The molecule has 0 radical (unpaired) electrons. The fourth-order valence-electron chi connectivity index (χ4n) is 3.85. The molecule has 130 valence electrons. The van der Waals surface area contributed by atoms with Crippen LogP contribution in [0.5, 0.6) is 0 Å². The largest absolute Gasteiger partial charge is 0.368 e. The summed E-state index contributed by atoms with van der Waals surface area (Å²) in [5.74, 6) is 1.22. The van der Waals surface area contributed by atoms with Gasteiger partial charge in [0, 0.05) is 57.9 Å². The van der Waals surface area contributed by atoms with E-state index in [1.807, 2.05) is 4.90 Å². The van der Waals surface area contributed by atoms with E-state index in [-0.39, 0.29) is 12.0 Å². The number of nitrogens with zero attached hydrogens (tertiary/aromatic N) is 5. The van der Waals surface area contributed by atoms with E-state index in [0.29, 0.717) is 0 Å². The van der Waals surface area contributed by atoms with E-state index in [0.717, 1.165) is 71.0 Å². The van der Waals surface area contributed by atoms with E-state index in [2.05, 4.69) is 26.8 Å². The zero-order valence-corrected chi connectivity index (χ0v) is 14.3. The van der Waals surface area contributed by atoms with Crippen LogP contribution in [0.2, 0.25) is 0 Å². The Hall–Kier alpha value is -1.73. The Labute approximate surface area is 142 Å². The first-order valence-corrected chi connectivity index (χ1v) is 8.89. The molecule has 1 amide bonds. The van der Waals surface area contributed by atoms with Gasteiger partial charge in [0.05, 0.1) is 5.69 Å². The van der Waals surface area contributed by atoms with Crippen LogP contribution in [0.25, 0.3) is 0 Å².